The predicted octanol–water partition coefficient (Wildman–Crippen LogP) is 2.61. The summed E-state index contributed by atoms with van der Waals surface area (Å²) in [4.78, 5) is 11.6. The molecule has 0 spiro atoms. The first-order chi connectivity index (χ1) is 8.52. The molecule has 0 saturated carbocycles. The zero-order valence-corrected chi connectivity index (χ0v) is 12.3. The number of allylic oxidation sites excluding steroid dienone is 1. The van der Waals surface area contributed by atoms with E-state index in [1.807, 2.05) is 6.92 Å². The Balaban J connectivity index is 4.88. The van der Waals surface area contributed by atoms with Crippen LogP contribution in [0.5, 0.6) is 0 Å². The maximum Gasteiger partial charge on any atom is 0.432 e. The number of ether oxygens (including phenoxy) is 1. The van der Waals surface area contributed by atoms with E-state index in [-0.39, 0.29) is 25.5 Å². The van der Waals surface area contributed by atoms with Crippen molar-refractivity contribution in [1.82, 2.24) is 5.09 Å². The highest BCUT2D eigenvalue weighted by atomic mass is 31.2. The van der Waals surface area contributed by atoms with Crippen LogP contribution >= 0.6 is 7.75 Å². The first kappa shape index (κ1) is 17.2. The molecule has 0 atom stereocenters. The molecule has 0 heterocycles. The van der Waals surface area contributed by atoms with Gasteiger partial charge < -0.3 is 4.74 Å². The lowest BCUT2D eigenvalue weighted by molar-refractivity contribution is -0.138. The van der Waals surface area contributed by atoms with Gasteiger partial charge in [-0.3, -0.25) is 14.1 Å². The molecule has 0 unspecified atom stereocenters. The number of hydrogen-bond acceptors (Lipinski definition) is 5. The number of nitrogens with one attached hydrogen (secondary N) is 1. The number of carbonyl (C=O) groups excluding carboxylic acids is 1. The molecule has 0 fully saturated rings. The minimum atomic E-state index is -3.50. The topological polar surface area (TPSA) is 73.9 Å². The summed E-state index contributed by atoms with van der Waals surface area (Å²) in [6.07, 6.45) is 2.18. The van der Waals surface area contributed by atoms with Crippen molar-refractivity contribution in [1.29, 1.82) is 0 Å². The summed E-state index contributed by atoms with van der Waals surface area (Å²) in [5.41, 5.74) is 0.101. The summed E-state index contributed by atoms with van der Waals surface area (Å²) in [6.45, 7) is 7.62. The van der Waals surface area contributed by atoms with E-state index in [4.69, 9.17) is 13.8 Å². The predicted molar refractivity (Wildman–Crippen MR) is 69.0 cm³/mol. The number of hydrogen-bond donors (Lipinski definition) is 1. The highest BCUT2D eigenvalue weighted by Crippen LogP contribution is 2.44. The Morgan fingerprint density at radius 3 is 2.06 bits per heavy atom. The smallest absolute Gasteiger partial charge is 0.432 e. The van der Waals surface area contributed by atoms with Gasteiger partial charge >= 0.3 is 13.7 Å². The third-order valence-electron chi connectivity index (χ3n) is 1.76. The summed E-state index contributed by atoms with van der Waals surface area (Å²) in [5, 5.41) is 2.52. The fourth-order valence-electron chi connectivity index (χ4n) is 1.18. The maximum absolute atomic E-state index is 12.2. The minimum absolute atomic E-state index is 0.101. The molecular weight excluding hydrogens is 257 g/mol. The van der Waals surface area contributed by atoms with Crippen molar-refractivity contribution in [2.75, 3.05) is 19.8 Å². The van der Waals surface area contributed by atoms with Crippen LogP contribution in [0.25, 0.3) is 0 Å². The second-order valence-corrected chi connectivity index (χ2v) is 4.93. The van der Waals surface area contributed by atoms with Crippen molar-refractivity contribution in [2.24, 2.45) is 0 Å². The van der Waals surface area contributed by atoms with Crippen molar-refractivity contribution in [2.45, 2.75) is 34.1 Å². The van der Waals surface area contributed by atoms with Crippen LogP contribution in [-0.4, -0.2) is 25.8 Å². The minimum Gasteiger partial charge on any atom is -0.461 e. The Bertz CT molecular complexity index is 319. The Morgan fingerprint density at radius 2 is 1.67 bits per heavy atom. The zero-order valence-electron chi connectivity index (χ0n) is 11.4. The average molecular weight is 279 g/mol. The van der Waals surface area contributed by atoms with Gasteiger partial charge in [-0.1, -0.05) is 13.0 Å². The van der Waals surface area contributed by atoms with E-state index >= 15 is 0 Å². The molecule has 18 heavy (non-hydrogen) atoms. The fourth-order valence-corrected chi connectivity index (χ4v) is 2.54. The van der Waals surface area contributed by atoms with Gasteiger partial charge in [0.25, 0.3) is 0 Å². The van der Waals surface area contributed by atoms with Gasteiger partial charge in [0.15, 0.2) is 0 Å². The maximum atomic E-state index is 12.2. The van der Waals surface area contributed by atoms with Crippen molar-refractivity contribution >= 4 is 13.7 Å². The molecule has 0 aromatic heterocycles. The standard InChI is InChI=1S/C11H22NO5P/c1-5-9-10(11(13)15-6-2)12-18(14,16-7-3)17-8-4/h9H,5-8H2,1-4H3,(H,12,14)/b10-9+. The molecule has 1 N–H and O–H groups in total. The fraction of sp³-hybridized carbons (Fsp3) is 0.727. The number of carbonyl (C=O) groups is 1. The van der Waals surface area contributed by atoms with Crippen LogP contribution in [0.15, 0.2) is 11.8 Å². The number of rotatable bonds is 9. The van der Waals surface area contributed by atoms with Crippen LogP contribution in [0, 0.1) is 0 Å². The summed E-state index contributed by atoms with van der Waals surface area (Å²) < 4.78 is 27.2. The van der Waals surface area contributed by atoms with Crippen LogP contribution in [0.4, 0.5) is 0 Å². The molecule has 0 amide bonds. The van der Waals surface area contributed by atoms with Crippen LogP contribution in [0.2, 0.25) is 0 Å². The van der Waals surface area contributed by atoms with Gasteiger partial charge in [0, 0.05) is 0 Å². The van der Waals surface area contributed by atoms with Gasteiger partial charge in [0.05, 0.1) is 19.8 Å². The van der Waals surface area contributed by atoms with Gasteiger partial charge in [-0.05, 0) is 27.2 Å². The van der Waals surface area contributed by atoms with E-state index in [9.17, 15) is 9.36 Å². The molecule has 6 nitrogen and oxygen atoms in total. The molecule has 0 aliphatic heterocycles. The van der Waals surface area contributed by atoms with Crippen molar-refractivity contribution < 1.29 is 23.1 Å². The summed E-state index contributed by atoms with van der Waals surface area (Å²) in [7, 11) is -3.50. The lowest BCUT2D eigenvalue weighted by Crippen LogP contribution is -2.22. The third-order valence-corrected chi connectivity index (χ3v) is 3.47. The first-order valence-corrected chi connectivity index (χ1v) is 7.61. The first-order valence-electron chi connectivity index (χ1n) is 6.07. The van der Waals surface area contributed by atoms with E-state index in [0.717, 1.165) is 0 Å². The molecule has 0 radical (unpaired) electrons. The highest BCUT2D eigenvalue weighted by Gasteiger charge is 2.27. The molecule has 0 saturated heterocycles. The molecule has 0 aromatic rings. The quantitative estimate of drug-likeness (QED) is 0.397. The summed E-state index contributed by atoms with van der Waals surface area (Å²) >= 11 is 0. The largest absolute Gasteiger partial charge is 0.461 e. The van der Waals surface area contributed by atoms with E-state index in [1.165, 1.54) is 0 Å². The molecule has 0 aliphatic rings. The molecule has 0 rings (SSSR count). The third kappa shape index (κ3) is 6.19. The van der Waals surface area contributed by atoms with E-state index < -0.39 is 13.7 Å². The Hall–Kier alpha value is -0.840. The second-order valence-electron chi connectivity index (χ2n) is 3.19. The van der Waals surface area contributed by atoms with Crippen LogP contribution in [0.1, 0.15) is 34.1 Å². The SMILES string of the molecule is CC/C=C(/NP(=O)(OCC)OCC)C(=O)OCC. The van der Waals surface area contributed by atoms with Crippen molar-refractivity contribution in [3.63, 3.8) is 0 Å². The van der Waals surface area contributed by atoms with Crippen molar-refractivity contribution in [3.8, 4) is 0 Å². The van der Waals surface area contributed by atoms with Gasteiger partial charge in [0.2, 0.25) is 0 Å². The molecule has 0 bridgehead atoms. The van der Waals surface area contributed by atoms with Gasteiger partial charge in [-0.2, -0.15) is 0 Å². The Labute approximate surface area is 108 Å². The van der Waals surface area contributed by atoms with Gasteiger partial charge in [-0.15, -0.1) is 0 Å². The molecule has 7 heteroatoms. The Morgan fingerprint density at radius 1 is 1.11 bits per heavy atom. The van der Waals surface area contributed by atoms with E-state index in [1.54, 1.807) is 26.8 Å². The van der Waals surface area contributed by atoms with Gasteiger partial charge in [-0.25, -0.2) is 9.36 Å². The van der Waals surface area contributed by atoms with Gasteiger partial charge in [0.1, 0.15) is 5.70 Å². The van der Waals surface area contributed by atoms with Crippen LogP contribution in [0.3, 0.4) is 0 Å². The monoisotopic (exact) mass is 279 g/mol. The van der Waals surface area contributed by atoms with E-state index in [2.05, 4.69) is 5.09 Å². The normalized spacial score (nSPS) is 12.3. The van der Waals surface area contributed by atoms with Crippen LogP contribution < -0.4 is 5.09 Å². The lowest BCUT2D eigenvalue weighted by Gasteiger charge is -2.19. The summed E-state index contributed by atoms with van der Waals surface area (Å²) in [5.74, 6) is -0.570. The lowest BCUT2D eigenvalue weighted by atomic mass is 10.3. The Kier molecular flexibility index (Phi) is 8.71. The molecule has 0 aromatic carbocycles. The molecule has 106 valence electrons. The number of esters is 1. The summed E-state index contributed by atoms with van der Waals surface area (Å²) in [6, 6.07) is 0. The van der Waals surface area contributed by atoms with Crippen LogP contribution in [-0.2, 0) is 23.1 Å². The van der Waals surface area contributed by atoms with E-state index in [0.29, 0.717) is 6.42 Å². The van der Waals surface area contributed by atoms with Crippen molar-refractivity contribution in [3.05, 3.63) is 11.8 Å². The zero-order chi connectivity index (χ0) is 14.0. The molecular formula is C11H22NO5P. The second kappa shape index (κ2) is 9.14. The highest BCUT2D eigenvalue weighted by molar-refractivity contribution is 7.51. The molecule has 0 aliphatic carbocycles. The average Bonchev–Trinajstić information content (AvgIpc) is 2.29.